The highest BCUT2D eigenvalue weighted by molar-refractivity contribution is 7.93. The summed E-state index contributed by atoms with van der Waals surface area (Å²) in [5.74, 6) is -0.923. The van der Waals surface area contributed by atoms with E-state index in [1.807, 2.05) is 0 Å². The number of rotatable bonds is 7. The van der Waals surface area contributed by atoms with Crippen molar-refractivity contribution >= 4 is 15.7 Å². The number of nitrogens with one attached hydrogen (secondary N) is 1. The van der Waals surface area contributed by atoms with E-state index in [1.165, 1.54) is 45.0 Å². The second kappa shape index (κ2) is 7.87. The molecule has 0 aliphatic rings. The van der Waals surface area contributed by atoms with Crippen LogP contribution in [0.2, 0.25) is 0 Å². The SMILES string of the molecule is CC(C)S(=O)(=O)[C@@H](C)C(=O)NCCc1ccc(OC(F)(F)F)cc1. The molecule has 0 heterocycles. The Bertz CT molecular complexity index is 654. The first-order chi connectivity index (χ1) is 10.9. The van der Waals surface area contributed by atoms with E-state index in [9.17, 15) is 26.4 Å². The molecular formula is C15H20F3NO4S. The van der Waals surface area contributed by atoms with Crippen molar-refractivity contribution in [1.82, 2.24) is 5.32 Å². The van der Waals surface area contributed by atoms with Gasteiger partial charge in [-0.3, -0.25) is 4.79 Å². The van der Waals surface area contributed by atoms with Crippen molar-refractivity contribution in [1.29, 1.82) is 0 Å². The number of hydrogen-bond acceptors (Lipinski definition) is 4. The Labute approximate surface area is 139 Å². The summed E-state index contributed by atoms with van der Waals surface area (Å²) in [4.78, 5) is 11.9. The quantitative estimate of drug-likeness (QED) is 0.804. The van der Waals surface area contributed by atoms with Gasteiger partial charge in [-0.25, -0.2) is 8.42 Å². The molecule has 24 heavy (non-hydrogen) atoms. The van der Waals surface area contributed by atoms with Gasteiger partial charge in [0.25, 0.3) is 0 Å². The van der Waals surface area contributed by atoms with Crippen LogP contribution in [-0.4, -0.2) is 37.7 Å². The Balaban J connectivity index is 2.52. The minimum atomic E-state index is -4.74. The van der Waals surface area contributed by atoms with Gasteiger partial charge in [0, 0.05) is 6.54 Å². The lowest BCUT2D eigenvalue weighted by Gasteiger charge is -2.15. The average Bonchev–Trinajstić information content (AvgIpc) is 2.46. The zero-order valence-corrected chi connectivity index (χ0v) is 14.4. The molecule has 1 atom stereocenters. The van der Waals surface area contributed by atoms with Gasteiger partial charge in [-0.2, -0.15) is 0 Å². The first-order valence-corrected chi connectivity index (χ1v) is 8.89. The van der Waals surface area contributed by atoms with Gasteiger partial charge < -0.3 is 10.1 Å². The van der Waals surface area contributed by atoms with Crippen molar-refractivity contribution < 1.29 is 31.1 Å². The Kier molecular flexibility index (Phi) is 6.65. The van der Waals surface area contributed by atoms with Crippen LogP contribution in [0.15, 0.2) is 24.3 Å². The molecule has 0 aromatic heterocycles. The monoisotopic (exact) mass is 367 g/mol. The van der Waals surface area contributed by atoms with Crippen molar-refractivity contribution in [3.8, 4) is 5.75 Å². The lowest BCUT2D eigenvalue weighted by Crippen LogP contribution is -2.41. The van der Waals surface area contributed by atoms with E-state index in [-0.39, 0.29) is 12.3 Å². The molecule has 0 saturated heterocycles. The van der Waals surface area contributed by atoms with E-state index in [2.05, 4.69) is 10.1 Å². The number of alkyl halides is 3. The molecule has 0 aliphatic carbocycles. The normalized spacial score (nSPS) is 13.6. The van der Waals surface area contributed by atoms with Gasteiger partial charge in [-0.1, -0.05) is 12.1 Å². The number of sulfone groups is 1. The first kappa shape index (κ1) is 20.3. The summed E-state index contributed by atoms with van der Waals surface area (Å²) in [6.07, 6.45) is -4.39. The van der Waals surface area contributed by atoms with Crippen LogP contribution in [0.5, 0.6) is 5.75 Å². The Morgan fingerprint density at radius 3 is 2.17 bits per heavy atom. The molecule has 9 heteroatoms. The summed E-state index contributed by atoms with van der Waals surface area (Å²) in [5, 5.41) is 0.709. The number of amides is 1. The van der Waals surface area contributed by atoms with E-state index in [0.717, 1.165) is 0 Å². The smallest absolute Gasteiger partial charge is 0.406 e. The van der Waals surface area contributed by atoms with Crippen molar-refractivity contribution in [2.24, 2.45) is 0 Å². The largest absolute Gasteiger partial charge is 0.573 e. The average molecular weight is 367 g/mol. The lowest BCUT2D eigenvalue weighted by atomic mass is 10.1. The Morgan fingerprint density at radius 2 is 1.71 bits per heavy atom. The molecule has 1 aromatic rings. The number of benzene rings is 1. The van der Waals surface area contributed by atoms with E-state index >= 15 is 0 Å². The van der Waals surface area contributed by atoms with E-state index < -0.39 is 32.6 Å². The Hall–Kier alpha value is -1.77. The van der Waals surface area contributed by atoms with Gasteiger partial charge in [0.2, 0.25) is 5.91 Å². The summed E-state index contributed by atoms with van der Waals surface area (Å²) in [7, 11) is -3.53. The molecule has 1 N–H and O–H groups in total. The van der Waals surface area contributed by atoms with E-state index in [0.29, 0.717) is 12.0 Å². The zero-order valence-electron chi connectivity index (χ0n) is 13.6. The molecule has 1 rings (SSSR count). The summed E-state index contributed by atoms with van der Waals surface area (Å²) in [6.45, 7) is 4.51. The fourth-order valence-electron chi connectivity index (χ4n) is 1.89. The topological polar surface area (TPSA) is 72.5 Å². The molecule has 0 unspecified atom stereocenters. The number of hydrogen-bond donors (Lipinski definition) is 1. The first-order valence-electron chi connectivity index (χ1n) is 7.28. The minimum absolute atomic E-state index is 0.177. The van der Waals surface area contributed by atoms with Crippen LogP contribution in [0.1, 0.15) is 26.3 Å². The third-order valence-electron chi connectivity index (χ3n) is 3.39. The molecule has 136 valence electrons. The third kappa shape index (κ3) is 6.03. The summed E-state index contributed by atoms with van der Waals surface area (Å²) in [5.41, 5.74) is 0.684. The van der Waals surface area contributed by atoms with Crippen LogP contribution in [0.25, 0.3) is 0 Å². The molecule has 1 aromatic carbocycles. The molecule has 0 fully saturated rings. The molecule has 0 bridgehead atoms. The molecular weight excluding hydrogens is 347 g/mol. The summed E-state index contributed by atoms with van der Waals surface area (Å²) < 4.78 is 63.7. The highest BCUT2D eigenvalue weighted by Crippen LogP contribution is 2.22. The summed E-state index contributed by atoms with van der Waals surface area (Å²) in [6, 6.07) is 5.25. The fourth-order valence-corrected chi connectivity index (χ4v) is 3.09. The van der Waals surface area contributed by atoms with Gasteiger partial charge in [-0.15, -0.1) is 13.2 Å². The van der Waals surface area contributed by atoms with E-state index in [1.54, 1.807) is 0 Å². The molecule has 1 amide bonds. The molecule has 0 radical (unpaired) electrons. The predicted octanol–water partition coefficient (Wildman–Crippen LogP) is 2.46. The Morgan fingerprint density at radius 1 is 1.17 bits per heavy atom. The van der Waals surface area contributed by atoms with Gasteiger partial charge in [-0.05, 0) is 44.9 Å². The van der Waals surface area contributed by atoms with Crippen molar-refractivity contribution in [2.75, 3.05) is 6.54 Å². The van der Waals surface area contributed by atoms with Crippen LogP contribution in [0, 0.1) is 0 Å². The van der Waals surface area contributed by atoms with Crippen molar-refractivity contribution in [2.45, 2.75) is 44.1 Å². The minimum Gasteiger partial charge on any atom is -0.406 e. The number of carbonyl (C=O) groups is 1. The second-order valence-electron chi connectivity index (χ2n) is 5.51. The van der Waals surface area contributed by atoms with E-state index in [4.69, 9.17) is 0 Å². The van der Waals surface area contributed by atoms with Crippen molar-refractivity contribution in [3.63, 3.8) is 0 Å². The fraction of sp³-hybridized carbons (Fsp3) is 0.533. The lowest BCUT2D eigenvalue weighted by molar-refractivity contribution is -0.274. The van der Waals surface area contributed by atoms with Crippen LogP contribution in [0.4, 0.5) is 13.2 Å². The maximum absolute atomic E-state index is 12.0. The number of ether oxygens (including phenoxy) is 1. The second-order valence-corrected chi connectivity index (χ2v) is 8.34. The maximum Gasteiger partial charge on any atom is 0.573 e. The van der Waals surface area contributed by atoms with Gasteiger partial charge in [0.05, 0.1) is 5.25 Å². The standard InChI is InChI=1S/C15H20F3NO4S/c1-10(2)24(21,22)11(3)14(20)19-9-8-12-4-6-13(7-5-12)23-15(16,17)18/h4-7,10-11H,8-9H2,1-3H3,(H,19,20)/t11-/m0/s1. The number of halogens is 3. The molecule has 0 spiro atoms. The van der Waals surface area contributed by atoms with Crippen LogP contribution >= 0.6 is 0 Å². The van der Waals surface area contributed by atoms with Crippen LogP contribution in [-0.2, 0) is 21.1 Å². The predicted molar refractivity (Wildman–Crippen MR) is 83.4 cm³/mol. The van der Waals surface area contributed by atoms with Gasteiger partial charge in [0.1, 0.15) is 11.0 Å². The maximum atomic E-state index is 12.0. The van der Waals surface area contributed by atoms with Gasteiger partial charge in [0.15, 0.2) is 9.84 Å². The highest BCUT2D eigenvalue weighted by Gasteiger charge is 2.31. The van der Waals surface area contributed by atoms with Crippen LogP contribution in [0.3, 0.4) is 0 Å². The van der Waals surface area contributed by atoms with Crippen molar-refractivity contribution in [3.05, 3.63) is 29.8 Å². The number of carbonyl (C=O) groups excluding carboxylic acids is 1. The zero-order chi connectivity index (χ0) is 18.5. The molecule has 0 saturated carbocycles. The van der Waals surface area contributed by atoms with Gasteiger partial charge >= 0.3 is 6.36 Å². The highest BCUT2D eigenvalue weighted by atomic mass is 32.2. The van der Waals surface area contributed by atoms with Crippen LogP contribution < -0.4 is 10.1 Å². The molecule has 5 nitrogen and oxygen atoms in total. The molecule has 0 aliphatic heterocycles. The third-order valence-corrected chi connectivity index (χ3v) is 5.90. The summed E-state index contributed by atoms with van der Waals surface area (Å²) >= 11 is 0.